The SMILES string of the molecule is CC1(CN)COc2cc(F)ccc2C1. The molecule has 0 aliphatic carbocycles. The standard InChI is InChI=1S/C11H14FNO/c1-11(6-13)5-8-2-3-9(12)4-10(8)14-7-11/h2-4H,5-7,13H2,1H3. The minimum atomic E-state index is -0.250. The van der Waals surface area contributed by atoms with Crippen molar-refractivity contribution >= 4 is 0 Å². The van der Waals surface area contributed by atoms with E-state index in [4.69, 9.17) is 10.5 Å². The lowest BCUT2D eigenvalue weighted by molar-refractivity contribution is 0.144. The molecule has 0 aromatic heterocycles. The first kappa shape index (κ1) is 9.46. The molecule has 76 valence electrons. The third kappa shape index (κ3) is 1.60. The van der Waals surface area contributed by atoms with Gasteiger partial charge in [0.05, 0.1) is 6.61 Å². The van der Waals surface area contributed by atoms with Crippen molar-refractivity contribution in [3.63, 3.8) is 0 Å². The van der Waals surface area contributed by atoms with E-state index in [0.717, 1.165) is 12.0 Å². The van der Waals surface area contributed by atoms with E-state index in [1.165, 1.54) is 12.1 Å². The minimum absolute atomic E-state index is 0.00910. The number of ether oxygens (including phenoxy) is 1. The molecule has 1 aromatic rings. The van der Waals surface area contributed by atoms with E-state index in [1.54, 1.807) is 6.07 Å². The molecule has 0 fully saturated rings. The minimum Gasteiger partial charge on any atom is -0.493 e. The maximum Gasteiger partial charge on any atom is 0.126 e. The van der Waals surface area contributed by atoms with Crippen LogP contribution in [0.4, 0.5) is 4.39 Å². The van der Waals surface area contributed by atoms with Crippen molar-refractivity contribution in [1.29, 1.82) is 0 Å². The molecule has 0 bridgehead atoms. The van der Waals surface area contributed by atoms with Gasteiger partial charge in [0.1, 0.15) is 11.6 Å². The highest BCUT2D eigenvalue weighted by Gasteiger charge is 2.30. The first-order valence-electron chi connectivity index (χ1n) is 4.74. The monoisotopic (exact) mass is 195 g/mol. The number of halogens is 1. The summed E-state index contributed by atoms with van der Waals surface area (Å²) in [5.74, 6) is 0.413. The molecule has 2 rings (SSSR count). The average molecular weight is 195 g/mol. The van der Waals surface area contributed by atoms with Gasteiger partial charge in [0.25, 0.3) is 0 Å². The summed E-state index contributed by atoms with van der Waals surface area (Å²) in [5.41, 5.74) is 6.71. The fraction of sp³-hybridized carbons (Fsp3) is 0.455. The van der Waals surface area contributed by atoms with Crippen LogP contribution in [0.3, 0.4) is 0 Å². The first-order chi connectivity index (χ1) is 6.63. The van der Waals surface area contributed by atoms with E-state index in [1.807, 2.05) is 0 Å². The van der Waals surface area contributed by atoms with Gasteiger partial charge >= 0.3 is 0 Å². The van der Waals surface area contributed by atoms with Crippen molar-refractivity contribution in [2.45, 2.75) is 13.3 Å². The lowest BCUT2D eigenvalue weighted by atomic mass is 9.82. The zero-order valence-electron chi connectivity index (χ0n) is 8.22. The Morgan fingerprint density at radius 2 is 2.36 bits per heavy atom. The zero-order chi connectivity index (χ0) is 10.2. The van der Waals surface area contributed by atoms with E-state index in [2.05, 4.69) is 6.92 Å². The van der Waals surface area contributed by atoms with E-state index >= 15 is 0 Å². The highest BCUT2D eigenvalue weighted by Crippen LogP contribution is 2.33. The van der Waals surface area contributed by atoms with Crippen LogP contribution in [-0.4, -0.2) is 13.2 Å². The summed E-state index contributed by atoms with van der Waals surface area (Å²) in [6.45, 7) is 3.24. The van der Waals surface area contributed by atoms with Crippen molar-refractivity contribution in [2.75, 3.05) is 13.2 Å². The zero-order valence-corrected chi connectivity index (χ0v) is 8.22. The molecule has 1 atom stereocenters. The molecule has 14 heavy (non-hydrogen) atoms. The fourth-order valence-corrected chi connectivity index (χ4v) is 1.70. The van der Waals surface area contributed by atoms with Crippen LogP contribution in [0.25, 0.3) is 0 Å². The van der Waals surface area contributed by atoms with Crippen LogP contribution in [0.15, 0.2) is 18.2 Å². The molecular formula is C11H14FNO. The second-order valence-electron chi connectivity index (χ2n) is 4.23. The van der Waals surface area contributed by atoms with Gasteiger partial charge < -0.3 is 10.5 Å². The van der Waals surface area contributed by atoms with Crippen LogP contribution in [0, 0.1) is 11.2 Å². The second kappa shape index (κ2) is 3.24. The molecule has 1 heterocycles. The van der Waals surface area contributed by atoms with Crippen molar-refractivity contribution < 1.29 is 9.13 Å². The smallest absolute Gasteiger partial charge is 0.126 e. The Bertz CT molecular complexity index is 353. The Balaban J connectivity index is 2.31. The van der Waals surface area contributed by atoms with Crippen molar-refractivity contribution in [3.8, 4) is 5.75 Å². The Hall–Kier alpha value is -1.09. The summed E-state index contributed by atoms with van der Waals surface area (Å²) in [4.78, 5) is 0. The summed E-state index contributed by atoms with van der Waals surface area (Å²) in [5, 5.41) is 0. The largest absolute Gasteiger partial charge is 0.493 e. The van der Waals surface area contributed by atoms with Gasteiger partial charge in [-0.25, -0.2) is 4.39 Å². The van der Waals surface area contributed by atoms with E-state index in [9.17, 15) is 4.39 Å². The Morgan fingerprint density at radius 3 is 3.07 bits per heavy atom. The molecule has 0 saturated carbocycles. The molecular weight excluding hydrogens is 181 g/mol. The molecule has 1 aromatic carbocycles. The third-order valence-electron chi connectivity index (χ3n) is 2.72. The van der Waals surface area contributed by atoms with Crippen LogP contribution in [0.1, 0.15) is 12.5 Å². The van der Waals surface area contributed by atoms with Gasteiger partial charge in [0.15, 0.2) is 0 Å². The summed E-state index contributed by atoms with van der Waals surface area (Å²) >= 11 is 0. The lowest BCUT2D eigenvalue weighted by Crippen LogP contribution is -2.38. The second-order valence-corrected chi connectivity index (χ2v) is 4.23. The quantitative estimate of drug-likeness (QED) is 0.740. The molecule has 1 aliphatic heterocycles. The molecule has 0 amide bonds. The molecule has 1 aliphatic rings. The predicted molar refractivity (Wildman–Crippen MR) is 52.8 cm³/mol. The summed E-state index contributed by atoms with van der Waals surface area (Å²) in [7, 11) is 0. The summed E-state index contributed by atoms with van der Waals surface area (Å²) < 4.78 is 18.4. The van der Waals surface area contributed by atoms with Gasteiger partial charge in [-0.05, 0) is 18.1 Å². The van der Waals surface area contributed by atoms with Gasteiger partial charge in [0, 0.05) is 18.0 Å². The van der Waals surface area contributed by atoms with Gasteiger partial charge in [-0.15, -0.1) is 0 Å². The van der Waals surface area contributed by atoms with Crippen LogP contribution < -0.4 is 10.5 Å². The topological polar surface area (TPSA) is 35.2 Å². The Labute approximate surface area is 82.9 Å². The number of hydrogen-bond donors (Lipinski definition) is 1. The van der Waals surface area contributed by atoms with E-state index in [-0.39, 0.29) is 11.2 Å². The van der Waals surface area contributed by atoms with Crippen LogP contribution in [0.5, 0.6) is 5.75 Å². The molecule has 1 unspecified atom stereocenters. The lowest BCUT2D eigenvalue weighted by Gasteiger charge is -2.33. The van der Waals surface area contributed by atoms with Crippen LogP contribution in [-0.2, 0) is 6.42 Å². The van der Waals surface area contributed by atoms with Crippen LogP contribution in [0.2, 0.25) is 0 Å². The molecule has 2 nitrogen and oxygen atoms in total. The number of nitrogens with two attached hydrogens (primary N) is 1. The molecule has 0 saturated heterocycles. The first-order valence-corrected chi connectivity index (χ1v) is 4.74. The average Bonchev–Trinajstić information content (AvgIpc) is 2.19. The Morgan fingerprint density at radius 1 is 1.57 bits per heavy atom. The van der Waals surface area contributed by atoms with Gasteiger partial charge in [-0.3, -0.25) is 0 Å². The number of fused-ring (bicyclic) bond motifs is 1. The molecule has 3 heteroatoms. The van der Waals surface area contributed by atoms with Crippen molar-refractivity contribution in [3.05, 3.63) is 29.6 Å². The number of hydrogen-bond acceptors (Lipinski definition) is 2. The maximum atomic E-state index is 12.9. The van der Waals surface area contributed by atoms with E-state index in [0.29, 0.717) is 18.9 Å². The third-order valence-corrected chi connectivity index (χ3v) is 2.72. The number of benzene rings is 1. The predicted octanol–water partition coefficient (Wildman–Crippen LogP) is 1.73. The Kier molecular flexibility index (Phi) is 2.19. The fourth-order valence-electron chi connectivity index (χ4n) is 1.70. The van der Waals surface area contributed by atoms with E-state index < -0.39 is 0 Å². The van der Waals surface area contributed by atoms with Crippen molar-refractivity contribution in [1.82, 2.24) is 0 Å². The highest BCUT2D eigenvalue weighted by atomic mass is 19.1. The molecule has 0 spiro atoms. The number of rotatable bonds is 1. The summed E-state index contributed by atoms with van der Waals surface area (Å²) in [6.07, 6.45) is 0.860. The normalized spacial score (nSPS) is 25.4. The molecule has 2 N–H and O–H groups in total. The van der Waals surface area contributed by atoms with Gasteiger partial charge in [-0.1, -0.05) is 13.0 Å². The van der Waals surface area contributed by atoms with Gasteiger partial charge in [0.2, 0.25) is 0 Å². The summed E-state index contributed by atoms with van der Waals surface area (Å²) in [6, 6.07) is 4.67. The van der Waals surface area contributed by atoms with Crippen LogP contribution >= 0.6 is 0 Å². The van der Waals surface area contributed by atoms with Crippen molar-refractivity contribution in [2.24, 2.45) is 11.1 Å². The maximum absolute atomic E-state index is 12.9. The highest BCUT2D eigenvalue weighted by molar-refractivity contribution is 5.36. The molecule has 0 radical (unpaired) electrons. The van der Waals surface area contributed by atoms with Gasteiger partial charge in [-0.2, -0.15) is 0 Å².